The summed E-state index contributed by atoms with van der Waals surface area (Å²) < 4.78 is 0. The van der Waals surface area contributed by atoms with Crippen LogP contribution >= 0.6 is 23.5 Å². The first-order valence-electron chi connectivity index (χ1n) is 8.84. The molecule has 2 rings (SSSR count). The van der Waals surface area contributed by atoms with Crippen LogP contribution in [0.15, 0.2) is 0 Å². The molecule has 0 bridgehead atoms. The van der Waals surface area contributed by atoms with Crippen molar-refractivity contribution in [3.05, 3.63) is 0 Å². The first kappa shape index (κ1) is 21.1. The van der Waals surface area contributed by atoms with E-state index in [0.717, 1.165) is 11.8 Å². The van der Waals surface area contributed by atoms with Gasteiger partial charge in [0.15, 0.2) is 5.12 Å². The number of aliphatic carboxylic acids is 1. The van der Waals surface area contributed by atoms with Crippen molar-refractivity contribution in [2.24, 2.45) is 5.92 Å². The maximum absolute atomic E-state index is 12.9. The van der Waals surface area contributed by atoms with Crippen LogP contribution in [0.2, 0.25) is 0 Å². The van der Waals surface area contributed by atoms with E-state index in [1.807, 2.05) is 13.8 Å². The third-order valence-corrected chi connectivity index (χ3v) is 6.83. The molecule has 1 unspecified atom stereocenters. The zero-order valence-electron chi connectivity index (χ0n) is 15.3. The predicted molar refractivity (Wildman–Crippen MR) is 102 cm³/mol. The SMILES string of the molecule is CC(=O)SC(CC(C)C)C(=O)N[C@H]1CCS[C@H]2CC[C@@H](C(=O)O)N2C1=O. The predicted octanol–water partition coefficient (Wildman–Crippen LogP) is 1.70. The van der Waals surface area contributed by atoms with E-state index in [0.29, 0.717) is 31.4 Å². The van der Waals surface area contributed by atoms with Crippen LogP contribution in [0.25, 0.3) is 0 Å². The molecular formula is C17H26N2O5S2. The topological polar surface area (TPSA) is 104 Å². The largest absolute Gasteiger partial charge is 0.480 e. The molecule has 9 heteroatoms. The average molecular weight is 403 g/mol. The number of hydrogen-bond donors (Lipinski definition) is 2. The van der Waals surface area contributed by atoms with Crippen LogP contribution in [0.4, 0.5) is 0 Å². The van der Waals surface area contributed by atoms with Crippen molar-refractivity contribution >= 4 is 46.4 Å². The summed E-state index contributed by atoms with van der Waals surface area (Å²) in [6, 6.07) is -1.56. The number of nitrogens with zero attached hydrogens (tertiary/aromatic N) is 1. The molecule has 2 fully saturated rings. The van der Waals surface area contributed by atoms with E-state index in [-0.39, 0.29) is 28.2 Å². The molecule has 0 aromatic heterocycles. The number of thioether (sulfide) groups is 2. The number of carbonyl (C=O) groups is 4. The minimum atomic E-state index is -1.00. The molecule has 7 nitrogen and oxygen atoms in total. The fraction of sp³-hybridized carbons (Fsp3) is 0.765. The number of amides is 2. The van der Waals surface area contributed by atoms with Crippen LogP contribution in [0, 0.1) is 5.92 Å². The highest BCUT2D eigenvalue weighted by Gasteiger charge is 2.45. The maximum atomic E-state index is 12.9. The molecule has 4 atom stereocenters. The second kappa shape index (κ2) is 9.12. The van der Waals surface area contributed by atoms with Crippen molar-refractivity contribution in [3.63, 3.8) is 0 Å². The van der Waals surface area contributed by atoms with Gasteiger partial charge in [-0.1, -0.05) is 25.6 Å². The molecule has 2 amide bonds. The molecule has 2 aliphatic rings. The molecule has 0 aliphatic carbocycles. The van der Waals surface area contributed by atoms with Gasteiger partial charge in [0.2, 0.25) is 11.8 Å². The molecule has 0 aromatic rings. The molecular weight excluding hydrogens is 376 g/mol. The van der Waals surface area contributed by atoms with Gasteiger partial charge in [0.1, 0.15) is 12.1 Å². The lowest BCUT2D eigenvalue weighted by Gasteiger charge is -2.29. The third-order valence-electron chi connectivity index (χ3n) is 4.49. The standard InChI is InChI=1S/C17H26N2O5S2/c1-9(2)8-13(26-10(3)20)15(21)18-11-6-7-25-14-5-4-12(17(23)24)19(14)16(11)22/h9,11-14H,4-8H2,1-3H3,(H,18,21)(H,23,24)/t11-,12-,13?,14-/m0/s1. The summed E-state index contributed by atoms with van der Waals surface area (Å²) in [4.78, 5) is 49.9. The lowest BCUT2D eigenvalue weighted by Crippen LogP contribution is -2.53. The van der Waals surface area contributed by atoms with Crippen LogP contribution in [-0.4, -0.2) is 61.4 Å². The molecule has 0 radical (unpaired) electrons. The second-order valence-corrected chi connectivity index (χ2v) is 9.75. The van der Waals surface area contributed by atoms with Gasteiger partial charge >= 0.3 is 5.97 Å². The zero-order chi connectivity index (χ0) is 19.4. The Hall–Kier alpha value is -1.22. The first-order chi connectivity index (χ1) is 12.2. The molecule has 146 valence electrons. The van der Waals surface area contributed by atoms with Crippen molar-refractivity contribution in [2.45, 2.75) is 69.2 Å². The van der Waals surface area contributed by atoms with Gasteiger partial charge in [-0.15, -0.1) is 11.8 Å². The molecule has 0 spiro atoms. The smallest absolute Gasteiger partial charge is 0.326 e. The van der Waals surface area contributed by atoms with E-state index < -0.39 is 23.3 Å². The zero-order valence-corrected chi connectivity index (χ0v) is 16.9. The number of nitrogens with one attached hydrogen (secondary N) is 1. The third kappa shape index (κ3) is 5.16. The van der Waals surface area contributed by atoms with E-state index >= 15 is 0 Å². The Kier molecular flexibility index (Phi) is 7.40. The van der Waals surface area contributed by atoms with Gasteiger partial charge < -0.3 is 15.3 Å². The van der Waals surface area contributed by atoms with E-state index in [2.05, 4.69) is 5.32 Å². The van der Waals surface area contributed by atoms with E-state index in [9.17, 15) is 24.3 Å². The molecule has 2 saturated heterocycles. The number of carbonyl (C=O) groups excluding carboxylic acids is 3. The summed E-state index contributed by atoms with van der Waals surface area (Å²) in [7, 11) is 0. The van der Waals surface area contributed by atoms with Gasteiger partial charge in [-0.2, -0.15) is 0 Å². The van der Waals surface area contributed by atoms with Crippen molar-refractivity contribution in [1.82, 2.24) is 10.2 Å². The van der Waals surface area contributed by atoms with E-state index in [1.54, 1.807) is 11.8 Å². The number of fused-ring (bicyclic) bond motifs is 1. The lowest BCUT2D eigenvalue weighted by atomic mass is 10.1. The Morgan fingerprint density at radius 3 is 2.58 bits per heavy atom. The Labute approximate surface area is 162 Å². The van der Waals surface area contributed by atoms with Gasteiger partial charge in [-0.3, -0.25) is 14.4 Å². The monoisotopic (exact) mass is 402 g/mol. The minimum absolute atomic E-state index is 0.136. The summed E-state index contributed by atoms with van der Waals surface area (Å²) >= 11 is 2.55. The number of rotatable bonds is 6. The second-order valence-electron chi connectivity index (χ2n) is 7.08. The summed E-state index contributed by atoms with van der Waals surface area (Å²) in [5.41, 5.74) is 0. The highest BCUT2D eigenvalue weighted by molar-refractivity contribution is 8.14. The Bertz CT molecular complexity index is 584. The molecule has 0 saturated carbocycles. The fourth-order valence-corrected chi connectivity index (χ4v) is 5.76. The fourth-order valence-electron chi connectivity index (χ4n) is 3.34. The molecule has 2 N–H and O–H groups in total. The average Bonchev–Trinajstić information content (AvgIpc) is 2.89. The highest BCUT2D eigenvalue weighted by Crippen LogP contribution is 2.35. The maximum Gasteiger partial charge on any atom is 0.326 e. The van der Waals surface area contributed by atoms with Gasteiger partial charge in [0, 0.05) is 6.92 Å². The summed E-state index contributed by atoms with van der Waals surface area (Å²) in [5.74, 6) is -0.740. The van der Waals surface area contributed by atoms with Crippen LogP contribution < -0.4 is 5.32 Å². The van der Waals surface area contributed by atoms with Crippen LogP contribution in [-0.2, 0) is 19.2 Å². The summed E-state index contributed by atoms with van der Waals surface area (Å²) in [6.45, 7) is 5.37. The quantitative estimate of drug-likeness (QED) is 0.697. The highest BCUT2D eigenvalue weighted by atomic mass is 32.2. The van der Waals surface area contributed by atoms with Crippen molar-refractivity contribution in [2.75, 3.05) is 5.75 Å². The van der Waals surface area contributed by atoms with Gasteiger partial charge in [0.25, 0.3) is 0 Å². The van der Waals surface area contributed by atoms with Gasteiger partial charge in [0.05, 0.1) is 10.6 Å². The van der Waals surface area contributed by atoms with E-state index in [4.69, 9.17) is 0 Å². The van der Waals surface area contributed by atoms with E-state index in [1.165, 1.54) is 11.8 Å². The molecule has 0 aromatic carbocycles. The van der Waals surface area contributed by atoms with Gasteiger partial charge in [-0.05, 0) is 37.4 Å². The first-order valence-corrected chi connectivity index (χ1v) is 10.8. The van der Waals surface area contributed by atoms with Crippen LogP contribution in [0.3, 0.4) is 0 Å². The normalized spacial score (nSPS) is 27.0. The number of carboxylic acid groups (broad SMARTS) is 1. The minimum Gasteiger partial charge on any atom is -0.480 e. The Morgan fingerprint density at radius 2 is 2.00 bits per heavy atom. The lowest BCUT2D eigenvalue weighted by molar-refractivity contribution is -0.149. The summed E-state index contributed by atoms with van der Waals surface area (Å²) in [5, 5.41) is 11.4. The molecule has 2 aliphatic heterocycles. The molecule has 2 heterocycles. The van der Waals surface area contributed by atoms with Crippen molar-refractivity contribution < 1.29 is 24.3 Å². The van der Waals surface area contributed by atoms with Crippen molar-refractivity contribution in [3.8, 4) is 0 Å². The Balaban J connectivity index is 2.11. The Morgan fingerprint density at radius 1 is 1.31 bits per heavy atom. The van der Waals surface area contributed by atoms with Crippen LogP contribution in [0.5, 0.6) is 0 Å². The molecule has 26 heavy (non-hydrogen) atoms. The van der Waals surface area contributed by atoms with Crippen molar-refractivity contribution in [1.29, 1.82) is 0 Å². The summed E-state index contributed by atoms with van der Waals surface area (Å²) in [6.07, 6.45) is 2.10. The van der Waals surface area contributed by atoms with Crippen LogP contribution in [0.1, 0.15) is 46.5 Å². The number of hydrogen-bond acceptors (Lipinski definition) is 6. The van der Waals surface area contributed by atoms with Gasteiger partial charge in [-0.25, -0.2) is 4.79 Å². The number of carboxylic acids is 1.